The summed E-state index contributed by atoms with van der Waals surface area (Å²) in [6.07, 6.45) is 0.270. The second kappa shape index (κ2) is 9.04. The zero-order valence-corrected chi connectivity index (χ0v) is 17.4. The smallest absolute Gasteiger partial charge is 0.325 e. The highest BCUT2D eigenvalue weighted by Crippen LogP contribution is 2.27. The number of hydrogen-bond donors (Lipinski definition) is 1. The van der Waals surface area contributed by atoms with E-state index in [9.17, 15) is 18.5 Å². The number of sulfonamides is 1. The van der Waals surface area contributed by atoms with Crippen molar-refractivity contribution < 1.29 is 17.9 Å². The number of carbonyl (C=O) groups is 1. The summed E-state index contributed by atoms with van der Waals surface area (Å²) in [6, 6.07) is 8.93. The molecular formula is C20H25N3O4S. The largest absolute Gasteiger partial charge is 0.465 e. The summed E-state index contributed by atoms with van der Waals surface area (Å²) in [4.78, 5) is 12.1. The molecule has 0 unspecified atom stereocenters. The molecule has 8 heteroatoms. The molecule has 7 nitrogen and oxygen atoms in total. The quantitative estimate of drug-likeness (QED) is 0.682. The van der Waals surface area contributed by atoms with Gasteiger partial charge in [-0.3, -0.25) is 4.79 Å². The molecule has 2 rings (SSSR count). The Morgan fingerprint density at radius 2 is 1.89 bits per heavy atom. The highest BCUT2D eigenvalue weighted by molar-refractivity contribution is 7.89. The molecule has 0 radical (unpaired) electrons. The number of aromatic nitrogens is 1. The van der Waals surface area contributed by atoms with Gasteiger partial charge in [0.2, 0.25) is 10.0 Å². The van der Waals surface area contributed by atoms with E-state index in [1.165, 1.54) is 0 Å². The molecule has 0 saturated carbocycles. The van der Waals surface area contributed by atoms with Crippen LogP contribution in [0.1, 0.15) is 41.9 Å². The zero-order chi connectivity index (χ0) is 20.9. The first kappa shape index (κ1) is 21.7. The lowest BCUT2D eigenvalue weighted by atomic mass is 10.0. The Balaban J connectivity index is 2.52. The number of nitrogens with zero attached hydrogens (tertiary/aromatic N) is 2. The van der Waals surface area contributed by atoms with Crippen LogP contribution in [0.4, 0.5) is 0 Å². The molecular weight excluding hydrogens is 378 g/mol. The third kappa shape index (κ3) is 4.43. The van der Waals surface area contributed by atoms with Gasteiger partial charge in [-0.2, -0.15) is 5.26 Å². The summed E-state index contributed by atoms with van der Waals surface area (Å²) in [6.45, 7) is 7.63. The summed E-state index contributed by atoms with van der Waals surface area (Å²) in [5.74, 6) is -0.380. The molecule has 0 atom stereocenters. The Hall–Kier alpha value is -2.63. The minimum Gasteiger partial charge on any atom is -0.465 e. The lowest BCUT2D eigenvalue weighted by molar-refractivity contribution is -0.143. The zero-order valence-electron chi connectivity index (χ0n) is 16.6. The Bertz CT molecular complexity index is 1020. The number of hydrogen-bond acceptors (Lipinski definition) is 5. The molecule has 1 heterocycles. The molecule has 0 spiro atoms. The van der Waals surface area contributed by atoms with Gasteiger partial charge in [0, 0.05) is 24.4 Å². The van der Waals surface area contributed by atoms with Crippen molar-refractivity contribution in [3.8, 4) is 6.07 Å². The Kier molecular flexibility index (Phi) is 7.00. The second-order valence-corrected chi connectivity index (χ2v) is 8.05. The van der Waals surface area contributed by atoms with Gasteiger partial charge in [-0.05, 0) is 38.0 Å². The third-order valence-electron chi connectivity index (χ3n) is 4.58. The number of nitrogens with one attached hydrogen (secondary N) is 1. The van der Waals surface area contributed by atoms with Gasteiger partial charge in [-0.25, -0.2) is 13.1 Å². The summed E-state index contributed by atoms with van der Waals surface area (Å²) >= 11 is 0. The summed E-state index contributed by atoms with van der Waals surface area (Å²) in [7, 11) is -3.64. The second-order valence-electron chi connectivity index (χ2n) is 6.31. The van der Waals surface area contributed by atoms with Crippen molar-refractivity contribution >= 4 is 16.0 Å². The van der Waals surface area contributed by atoms with Crippen LogP contribution in [0.5, 0.6) is 0 Å². The van der Waals surface area contributed by atoms with Gasteiger partial charge in [-0.1, -0.05) is 25.1 Å². The van der Waals surface area contributed by atoms with Crippen molar-refractivity contribution in [1.82, 2.24) is 9.29 Å². The number of ether oxygens (including phenoxy) is 1. The fraction of sp³-hybridized carbons (Fsp3) is 0.400. The van der Waals surface area contributed by atoms with E-state index >= 15 is 0 Å². The van der Waals surface area contributed by atoms with E-state index in [1.807, 2.05) is 6.92 Å². The molecule has 0 fully saturated rings. The molecule has 0 bridgehead atoms. The molecule has 0 aliphatic rings. The maximum absolute atomic E-state index is 12.5. The van der Waals surface area contributed by atoms with Gasteiger partial charge in [0.1, 0.15) is 12.6 Å². The van der Waals surface area contributed by atoms with E-state index in [0.717, 1.165) is 5.69 Å². The molecule has 28 heavy (non-hydrogen) atoms. The fourth-order valence-corrected chi connectivity index (χ4v) is 4.54. The molecule has 0 aliphatic heterocycles. The van der Waals surface area contributed by atoms with Gasteiger partial charge in [0.15, 0.2) is 0 Å². The number of nitriles is 1. The minimum atomic E-state index is -3.64. The van der Waals surface area contributed by atoms with Crippen molar-refractivity contribution in [1.29, 1.82) is 5.26 Å². The predicted molar refractivity (Wildman–Crippen MR) is 105 cm³/mol. The summed E-state index contributed by atoms with van der Waals surface area (Å²) in [5.41, 5.74) is 3.17. The van der Waals surface area contributed by atoms with Crippen LogP contribution in [0, 0.1) is 25.2 Å². The van der Waals surface area contributed by atoms with E-state index in [4.69, 9.17) is 4.74 Å². The summed E-state index contributed by atoms with van der Waals surface area (Å²) < 4.78 is 34.3. The highest BCUT2D eigenvalue weighted by atomic mass is 32.2. The van der Waals surface area contributed by atoms with Gasteiger partial charge in [0.05, 0.1) is 17.1 Å². The van der Waals surface area contributed by atoms with Crippen LogP contribution in [-0.2, 0) is 32.5 Å². The standard InChI is InChI=1S/C20H25N3O4S/c1-5-22-28(25,26)19-10-8-7-9-16(19)11-17-14(3)23(13-20(24)27-6-2)15(4)18(17)12-21/h7-10,22H,5-6,11,13H2,1-4H3. The van der Waals surface area contributed by atoms with Crippen molar-refractivity contribution in [2.24, 2.45) is 0 Å². The van der Waals surface area contributed by atoms with Crippen molar-refractivity contribution in [3.63, 3.8) is 0 Å². The first-order valence-electron chi connectivity index (χ1n) is 9.08. The van der Waals surface area contributed by atoms with Gasteiger partial charge in [-0.15, -0.1) is 0 Å². The molecule has 150 valence electrons. The number of carbonyl (C=O) groups excluding carboxylic acids is 1. The lowest BCUT2D eigenvalue weighted by Crippen LogP contribution is -2.24. The van der Waals surface area contributed by atoms with Crippen molar-refractivity contribution in [2.45, 2.75) is 45.6 Å². The van der Waals surface area contributed by atoms with Gasteiger partial charge < -0.3 is 9.30 Å². The molecule has 1 N–H and O–H groups in total. The monoisotopic (exact) mass is 403 g/mol. The molecule has 1 aromatic carbocycles. The normalized spacial score (nSPS) is 11.2. The van der Waals surface area contributed by atoms with E-state index < -0.39 is 10.0 Å². The molecule has 0 amide bonds. The number of rotatable bonds is 8. The van der Waals surface area contributed by atoms with E-state index in [-0.39, 0.29) is 37.0 Å². The van der Waals surface area contributed by atoms with Crippen molar-refractivity contribution in [2.75, 3.05) is 13.2 Å². The van der Waals surface area contributed by atoms with E-state index in [2.05, 4.69) is 10.8 Å². The first-order chi connectivity index (χ1) is 13.3. The van der Waals surface area contributed by atoms with Crippen LogP contribution in [0.25, 0.3) is 0 Å². The molecule has 1 aromatic heterocycles. The minimum absolute atomic E-state index is 0.0114. The fourth-order valence-electron chi connectivity index (χ4n) is 3.26. The molecule has 0 aliphatic carbocycles. The van der Waals surface area contributed by atoms with Crippen LogP contribution < -0.4 is 4.72 Å². The van der Waals surface area contributed by atoms with E-state index in [1.54, 1.807) is 49.6 Å². The number of esters is 1. The summed E-state index contributed by atoms with van der Waals surface area (Å²) in [5, 5.41) is 9.66. The molecule has 0 saturated heterocycles. The van der Waals surface area contributed by atoms with Crippen LogP contribution in [0.15, 0.2) is 29.2 Å². The highest BCUT2D eigenvalue weighted by Gasteiger charge is 2.23. The van der Waals surface area contributed by atoms with Crippen LogP contribution in [-0.4, -0.2) is 32.1 Å². The van der Waals surface area contributed by atoms with Gasteiger partial charge >= 0.3 is 5.97 Å². The number of benzene rings is 1. The van der Waals surface area contributed by atoms with Crippen LogP contribution >= 0.6 is 0 Å². The SMILES string of the molecule is CCNS(=O)(=O)c1ccccc1Cc1c(C#N)c(C)n(CC(=O)OCC)c1C. The third-order valence-corrected chi connectivity index (χ3v) is 6.22. The van der Waals surface area contributed by atoms with Crippen LogP contribution in [0.2, 0.25) is 0 Å². The maximum atomic E-state index is 12.5. The van der Waals surface area contributed by atoms with Crippen LogP contribution in [0.3, 0.4) is 0 Å². The van der Waals surface area contributed by atoms with Crippen molar-refractivity contribution in [3.05, 3.63) is 52.3 Å². The lowest BCUT2D eigenvalue weighted by Gasteiger charge is -2.12. The van der Waals surface area contributed by atoms with Gasteiger partial charge in [0.25, 0.3) is 0 Å². The van der Waals surface area contributed by atoms with E-state index in [0.29, 0.717) is 22.4 Å². The Morgan fingerprint density at radius 3 is 2.50 bits per heavy atom. The predicted octanol–water partition coefficient (Wildman–Crippen LogP) is 2.43. The average Bonchev–Trinajstić information content (AvgIpc) is 2.86. The first-order valence-corrected chi connectivity index (χ1v) is 10.6. The Morgan fingerprint density at radius 1 is 1.21 bits per heavy atom. The topological polar surface area (TPSA) is 101 Å². The average molecular weight is 404 g/mol. The molecule has 2 aromatic rings. The Labute approximate surface area is 166 Å². The maximum Gasteiger partial charge on any atom is 0.325 e.